The Kier molecular flexibility index (Phi) is 3.56. The number of halogens is 9. The van der Waals surface area contributed by atoms with Gasteiger partial charge in [0.15, 0.2) is 6.10 Å². The maximum Gasteiger partial charge on any atom is 0.459 e. The van der Waals surface area contributed by atoms with Crippen LogP contribution in [-0.2, 0) is 0 Å². The first kappa shape index (κ1) is 14.3. The number of aliphatic hydroxyl groups is 1. The van der Waals surface area contributed by atoms with Gasteiger partial charge in [0.05, 0.1) is 0 Å². The summed E-state index contributed by atoms with van der Waals surface area (Å²) < 4.78 is 105. The fourth-order valence-corrected chi connectivity index (χ4v) is 0.533. The van der Waals surface area contributed by atoms with Crippen molar-refractivity contribution in [2.24, 2.45) is 0 Å². The highest BCUT2D eigenvalue weighted by molar-refractivity contribution is 4.96. The van der Waals surface area contributed by atoms with Crippen molar-refractivity contribution in [2.75, 3.05) is 0 Å². The molecule has 0 aliphatic rings. The predicted octanol–water partition coefficient (Wildman–Crippen LogP) is 2.45. The lowest BCUT2D eigenvalue weighted by atomic mass is 10.1. The van der Waals surface area contributed by atoms with Crippen LogP contribution in [0.3, 0.4) is 0 Å². The van der Waals surface area contributed by atoms with E-state index in [1.807, 2.05) is 0 Å². The highest BCUT2D eigenvalue weighted by Crippen LogP contribution is 2.48. The molecular formula is C5H3F9O. The van der Waals surface area contributed by atoms with Crippen molar-refractivity contribution in [1.82, 2.24) is 0 Å². The molecule has 1 atom stereocenters. The van der Waals surface area contributed by atoms with Gasteiger partial charge in [-0.15, -0.1) is 0 Å². The fraction of sp³-hybridized carbons (Fsp3) is 1.00. The molecule has 0 aromatic heterocycles. The Labute approximate surface area is 76.5 Å². The summed E-state index contributed by atoms with van der Waals surface area (Å²) in [5.74, 6) is -13.0. The van der Waals surface area contributed by atoms with Crippen LogP contribution in [0.5, 0.6) is 0 Å². The first-order chi connectivity index (χ1) is 6.35. The molecule has 0 aromatic rings. The third-order valence-corrected chi connectivity index (χ3v) is 1.38. The quantitative estimate of drug-likeness (QED) is 0.763. The van der Waals surface area contributed by atoms with E-state index in [4.69, 9.17) is 5.11 Å². The van der Waals surface area contributed by atoms with Crippen LogP contribution < -0.4 is 0 Å². The van der Waals surface area contributed by atoms with Crippen LogP contribution in [0.4, 0.5) is 39.5 Å². The van der Waals surface area contributed by atoms with Crippen molar-refractivity contribution in [3.63, 3.8) is 0 Å². The Balaban J connectivity index is 5.19. The standard InChI is InChI=1S/C5H3F9O/c6-2(7)1(15)3(8,9)4(10,11)5(12,13)14/h1-2,15H. The van der Waals surface area contributed by atoms with Gasteiger partial charge in [-0.1, -0.05) is 0 Å². The number of hydrogen-bond acceptors (Lipinski definition) is 1. The number of rotatable bonds is 3. The molecule has 0 aliphatic heterocycles. The van der Waals surface area contributed by atoms with E-state index in [0.717, 1.165) is 0 Å². The van der Waals surface area contributed by atoms with Gasteiger partial charge in [-0.25, -0.2) is 8.78 Å². The van der Waals surface area contributed by atoms with Crippen LogP contribution in [0.25, 0.3) is 0 Å². The van der Waals surface area contributed by atoms with Crippen LogP contribution in [0.1, 0.15) is 0 Å². The largest absolute Gasteiger partial charge is 0.459 e. The molecule has 1 N–H and O–H groups in total. The normalized spacial score (nSPS) is 17.0. The molecular weight excluding hydrogens is 247 g/mol. The lowest BCUT2D eigenvalue weighted by Gasteiger charge is -2.30. The molecule has 0 amide bonds. The molecule has 1 unspecified atom stereocenters. The maximum absolute atomic E-state index is 12.1. The topological polar surface area (TPSA) is 20.2 Å². The average Bonchev–Trinajstić information content (AvgIpc) is 2.00. The highest BCUT2D eigenvalue weighted by Gasteiger charge is 2.76. The Hall–Kier alpha value is -0.670. The Morgan fingerprint density at radius 3 is 1.33 bits per heavy atom. The van der Waals surface area contributed by atoms with Gasteiger partial charge in [-0.2, -0.15) is 30.7 Å². The molecule has 0 rings (SSSR count). The Morgan fingerprint density at radius 2 is 1.13 bits per heavy atom. The SMILES string of the molecule is OC(C(F)F)C(F)(F)C(F)(F)C(F)(F)F. The van der Waals surface area contributed by atoms with E-state index in [1.165, 1.54) is 0 Å². The van der Waals surface area contributed by atoms with Crippen LogP contribution in [0, 0.1) is 0 Å². The third kappa shape index (κ3) is 2.29. The van der Waals surface area contributed by atoms with Gasteiger partial charge >= 0.3 is 18.0 Å². The average molecular weight is 250 g/mol. The van der Waals surface area contributed by atoms with Crippen molar-refractivity contribution < 1.29 is 44.6 Å². The number of alkyl halides is 9. The molecule has 0 spiro atoms. The summed E-state index contributed by atoms with van der Waals surface area (Å²) in [4.78, 5) is 0. The molecule has 0 aromatic carbocycles. The summed E-state index contributed by atoms with van der Waals surface area (Å²) >= 11 is 0. The van der Waals surface area contributed by atoms with Crippen molar-refractivity contribution in [3.05, 3.63) is 0 Å². The second kappa shape index (κ2) is 3.72. The molecule has 1 nitrogen and oxygen atoms in total. The van der Waals surface area contributed by atoms with Crippen LogP contribution in [0.2, 0.25) is 0 Å². The fourth-order valence-electron chi connectivity index (χ4n) is 0.533. The monoisotopic (exact) mass is 250 g/mol. The van der Waals surface area contributed by atoms with E-state index in [-0.39, 0.29) is 0 Å². The van der Waals surface area contributed by atoms with E-state index in [2.05, 4.69) is 0 Å². The van der Waals surface area contributed by atoms with E-state index < -0.39 is 30.6 Å². The summed E-state index contributed by atoms with van der Waals surface area (Å²) in [5, 5.41) is 7.87. The molecule has 10 heteroatoms. The van der Waals surface area contributed by atoms with E-state index in [9.17, 15) is 39.5 Å². The van der Waals surface area contributed by atoms with Gasteiger partial charge in [0.25, 0.3) is 6.43 Å². The van der Waals surface area contributed by atoms with Crippen LogP contribution >= 0.6 is 0 Å². The Morgan fingerprint density at radius 1 is 0.800 bits per heavy atom. The molecule has 0 aliphatic carbocycles. The van der Waals surface area contributed by atoms with Gasteiger partial charge in [0, 0.05) is 0 Å². The molecule has 0 heterocycles. The van der Waals surface area contributed by atoms with Gasteiger partial charge in [0.2, 0.25) is 0 Å². The summed E-state index contributed by atoms with van der Waals surface area (Å²) in [6.07, 6.45) is -15.5. The van der Waals surface area contributed by atoms with Crippen molar-refractivity contribution in [2.45, 2.75) is 30.6 Å². The predicted molar refractivity (Wildman–Crippen MR) is 28.0 cm³/mol. The molecule has 15 heavy (non-hydrogen) atoms. The molecule has 0 saturated carbocycles. The first-order valence-electron chi connectivity index (χ1n) is 3.14. The zero-order valence-electron chi connectivity index (χ0n) is 6.50. The van der Waals surface area contributed by atoms with Crippen LogP contribution in [-0.4, -0.2) is 35.7 Å². The maximum atomic E-state index is 12.1. The molecule has 0 radical (unpaired) electrons. The second-order valence-electron chi connectivity index (χ2n) is 2.47. The molecule has 0 fully saturated rings. The minimum atomic E-state index is -6.73. The van der Waals surface area contributed by atoms with E-state index in [0.29, 0.717) is 0 Å². The summed E-state index contributed by atoms with van der Waals surface area (Å²) in [5.41, 5.74) is 0. The van der Waals surface area contributed by atoms with Gasteiger partial charge < -0.3 is 5.11 Å². The van der Waals surface area contributed by atoms with Crippen LogP contribution in [0.15, 0.2) is 0 Å². The smallest absolute Gasteiger partial charge is 0.381 e. The van der Waals surface area contributed by atoms with Gasteiger partial charge in [0.1, 0.15) is 0 Å². The summed E-state index contributed by atoms with van der Waals surface area (Å²) in [6.45, 7) is 0. The Bertz CT molecular complexity index is 219. The minimum absolute atomic E-state index is 4.39. The summed E-state index contributed by atoms with van der Waals surface area (Å²) in [6, 6.07) is 0. The number of hydrogen-bond donors (Lipinski definition) is 1. The van der Waals surface area contributed by atoms with Gasteiger partial charge in [-0.3, -0.25) is 0 Å². The van der Waals surface area contributed by atoms with Crippen molar-refractivity contribution in [3.8, 4) is 0 Å². The van der Waals surface area contributed by atoms with Crippen molar-refractivity contribution in [1.29, 1.82) is 0 Å². The second-order valence-corrected chi connectivity index (χ2v) is 2.47. The molecule has 92 valence electrons. The molecule has 0 bridgehead atoms. The lowest BCUT2D eigenvalue weighted by molar-refractivity contribution is -0.377. The zero-order valence-corrected chi connectivity index (χ0v) is 6.50. The highest BCUT2D eigenvalue weighted by atomic mass is 19.4. The van der Waals surface area contributed by atoms with E-state index >= 15 is 0 Å². The van der Waals surface area contributed by atoms with Crippen molar-refractivity contribution >= 4 is 0 Å². The van der Waals surface area contributed by atoms with Gasteiger partial charge in [-0.05, 0) is 0 Å². The summed E-state index contributed by atoms with van der Waals surface area (Å²) in [7, 11) is 0. The molecule has 0 saturated heterocycles. The lowest BCUT2D eigenvalue weighted by Crippen LogP contribution is -2.59. The minimum Gasteiger partial charge on any atom is -0.381 e. The number of aliphatic hydroxyl groups excluding tert-OH is 1. The van der Waals surface area contributed by atoms with E-state index in [1.54, 1.807) is 0 Å². The third-order valence-electron chi connectivity index (χ3n) is 1.38. The first-order valence-corrected chi connectivity index (χ1v) is 3.14. The zero-order chi connectivity index (χ0) is 12.7.